The minimum atomic E-state index is -0.546. The number of piperazine rings is 1. The molecule has 2 aromatic rings. The number of aromatic nitrogens is 1. The van der Waals surface area contributed by atoms with Crippen LogP contribution in [0.4, 0.5) is 25.4 Å². The van der Waals surface area contributed by atoms with E-state index in [-0.39, 0.29) is 23.9 Å². The van der Waals surface area contributed by atoms with Gasteiger partial charge in [0, 0.05) is 43.0 Å². The van der Waals surface area contributed by atoms with Crippen LogP contribution >= 0.6 is 0 Å². The fourth-order valence-corrected chi connectivity index (χ4v) is 3.89. The van der Waals surface area contributed by atoms with Gasteiger partial charge in [0.15, 0.2) is 5.82 Å². The third-order valence-electron chi connectivity index (χ3n) is 5.27. The van der Waals surface area contributed by atoms with Crippen LogP contribution in [0, 0.1) is 12.7 Å². The molecule has 31 heavy (non-hydrogen) atoms. The van der Waals surface area contributed by atoms with Gasteiger partial charge in [-0.1, -0.05) is 12.1 Å². The van der Waals surface area contributed by atoms with Gasteiger partial charge < -0.3 is 20.3 Å². The van der Waals surface area contributed by atoms with Gasteiger partial charge in [-0.05, 0) is 39.0 Å². The lowest BCUT2D eigenvalue weighted by molar-refractivity contribution is 0.0295. The summed E-state index contributed by atoms with van der Waals surface area (Å²) >= 11 is 0. The summed E-state index contributed by atoms with van der Waals surface area (Å²) in [6.45, 7) is 7.29. The van der Waals surface area contributed by atoms with Crippen molar-refractivity contribution in [2.75, 3.05) is 30.8 Å². The van der Waals surface area contributed by atoms with Gasteiger partial charge in [-0.15, -0.1) is 0 Å². The molecule has 1 aromatic heterocycles. The lowest BCUT2D eigenvalue weighted by atomic mass is 10.1. The second kappa shape index (κ2) is 9.74. The molecular weight excluding hydrogens is 401 g/mol. The first-order chi connectivity index (χ1) is 14.8. The first-order valence-corrected chi connectivity index (χ1v) is 10.1. The Bertz CT molecular complexity index is 925. The second-order valence-electron chi connectivity index (χ2n) is 7.82. The Hall–Kier alpha value is -3.20. The monoisotopic (exact) mass is 429 g/mol. The number of pyridine rings is 1. The van der Waals surface area contributed by atoms with E-state index in [1.54, 1.807) is 29.2 Å². The zero-order valence-electron chi connectivity index (χ0n) is 18.2. The third-order valence-corrected chi connectivity index (χ3v) is 5.27. The van der Waals surface area contributed by atoms with Gasteiger partial charge >= 0.3 is 12.1 Å². The molecule has 166 valence electrons. The fourth-order valence-electron chi connectivity index (χ4n) is 3.89. The van der Waals surface area contributed by atoms with Crippen molar-refractivity contribution in [1.82, 2.24) is 14.8 Å². The normalized spacial score (nSPS) is 19.1. The highest BCUT2D eigenvalue weighted by Gasteiger charge is 2.33. The average molecular weight is 429 g/mol. The van der Waals surface area contributed by atoms with E-state index >= 15 is 4.39 Å². The molecule has 1 aliphatic rings. The number of rotatable bonds is 4. The highest BCUT2D eigenvalue weighted by molar-refractivity contribution is 5.99. The summed E-state index contributed by atoms with van der Waals surface area (Å²) in [4.78, 5) is 32.1. The molecule has 0 bridgehead atoms. The topological polar surface area (TPSA) is 86.8 Å². The largest absolute Gasteiger partial charge is 0.453 e. The number of carbonyl (C=O) groups is 2. The van der Waals surface area contributed by atoms with Crippen LogP contribution < -0.4 is 10.6 Å². The van der Waals surface area contributed by atoms with E-state index in [4.69, 9.17) is 4.74 Å². The van der Waals surface area contributed by atoms with E-state index in [9.17, 15) is 9.59 Å². The predicted molar refractivity (Wildman–Crippen MR) is 116 cm³/mol. The number of anilines is 2. The summed E-state index contributed by atoms with van der Waals surface area (Å²) in [6.07, 6.45) is 1.18. The van der Waals surface area contributed by atoms with Crippen molar-refractivity contribution in [2.24, 2.45) is 0 Å². The average Bonchev–Trinajstić information content (AvgIpc) is 2.72. The van der Waals surface area contributed by atoms with Crippen molar-refractivity contribution >= 4 is 23.5 Å². The zero-order valence-corrected chi connectivity index (χ0v) is 18.2. The SMILES string of the molecule is COC(=O)N1[C@H](C)CN(Cc2cccc(NC(=O)Nc3ccc(C)nc3)c2F)C[C@@H]1C. The Morgan fingerprint density at radius 1 is 1.16 bits per heavy atom. The molecule has 2 atom stereocenters. The molecule has 0 saturated carbocycles. The molecule has 1 aliphatic heterocycles. The standard InChI is InChI=1S/C22H28FN5O3/c1-14-8-9-18(10-24-14)25-21(29)26-19-7-5-6-17(20(19)23)13-27-11-15(2)28(16(3)12-27)22(30)31-4/h5-10,15-16H,11-13H2,1-4H3,(H2,25,26,29)/t15-,16+. The maximum atomic E-state index is 15.1. The lowest BCUT2D eigenvalue weighted by Gasteiger charge is -2.43. The van der Waals surface area contributed by atoms with E-state index in [1.165, 1.54) is 19.4 Å². The van der Waals surface area contributed by atoms with Crippen LogP contribution in [0.1, 0.15) is 25.1 Å². The van der Waals surface area contributed by atoms with Crippen LogP contribution in [0.15, 0.2) is 36.5 Å². The molecule has 2 heterocycles. The maximum Gasteiger partial charge on any atom is 0.410 e. The predicted octanol–water partition coefficient (Wildman–Crippen LogP) is 3.83. The van der Waals surface area contributed by atoms with Gasteiger partial charge in [0.05, 0.1) is 24.7 Å². The Balaban J connectivity index is 1.65. The fraction of sp³-hybridized carbons (Fsp3) is 0.409. The first-order valence-electron chi connectivity index (χ1n) is 10.1. The molecular formula is C22H28FN5O3. The molecule has 9 heteroatoms. The molecule has 1 saturated heterocycles. The van der Waals surface area contributed by atoms with Gasteiger partial charge in [0.2, 0.25) is 0 Å². The maximum absolute atomic E-state index is 15.1. The van der Waals surface area contributed by atoms with Gasteiger partial charge in [-0.25, -0.2) is 14.0 Å². The van der Waals surface area contributed by atoms with Gasteiger partial charge in [0.1, 0.15) is 0 Å². The number of nitrogens with zero attached hydrogens (tertiary/aromatic N) is 3. The molecule has 0 spiro atoms. The molecule has 2 N–H and O–H groups in total. The molecule has 0 aliphatic carbocycles. The van der Waals surface area contributed by atoms with Crippen LogP contribution in [0.25, 0.3) is 0 Å². The number of hydrogen-bond donors (Lipinski definition) is 2. The van der Waals surface area contributed by atoms with Crippen molar-refractivity contribution in [3.63, 3.8) is 0 Å². The van der Waals surface area contributed by atoms with Crippen LogP contribution in [-0.2, 0) is 11.3 Å². The van der Waals surface area contributed by atoms with E-state index in [1.807, 2.05) is 20.8 Å². The molecule has 8 nitrogen and oxygen atoms in total. The number of hydrogen-bond acceptors (Lipinski definition) is 5. The van der Waals surface area contributed by atoms with Crippen molar-refractivity contribution in [3.05, 3.63) is 53.6 Å². The van der Waals surface area contributed by atoms with Crippen molar-refractivity contribution in [2.45, 2.75) is 39.4 Å². The highest BCUT2D eigenvalue weighted by Crippen LogP contribution is 2.23. The number of aryl methyl sites for hydroxylation is 1. The van der Waals surface area contributed by atoms with Crippen molar-refractivity contribution in [3.8, 4) is 0 Å². The van der Waals surface area contributed by atoms with Crippen molar-refractivity contribution < 1.29 is 18.7 Å². The summed E-state index contributed by atoms with van der Waals surface area (Å²) in [6, 6.07) is 7.76. The van der Waals surface area contributed by atoms with Gasteiger partial charge in [0.25, 0.3) is 0 Å². The summed E-state index contributed by atoms with van der Waals surface area (Å²) in [5, 5.41) is 5.20. The first kappa shape index (κ1) is 22.5. The molecule has 0 radical (unpaired) electrons. The third kappa shape index (κ3) is 5.49. The number of amides is 3. The van der Waals surface area contributed by atoms with Crippen molar-refractivity contribution in [1.29, 1.82) is 0 Å². The lowest BCUT2D eigenvalue weighted by Crippen LogP contribution is -2.58. The number of nitrogens with one attached hydrogen (secondary N) is 2. The Morgan fingerprint density at radius 3 is 2.48 bits per heavy atom. The summed E-state index contributed by atoms with van der Waals surface area (Å²) in [7, 11) is 1.37. The molecule has 3 rings (SSSR count). The summed E-state index contributed by atoms with van der Waals surface area (Å²) < 4.78 is 19.9. The molecule has 0 unspecified atom stereocenters. The van der Waals surface area contributed by atoms with Crippen LogP contribution in [0.2, 0.25) is 0 Å². The number of benzene rings is 1. The number of halogens is 1. The minimum Gasteiger partial charge on any atom is -0.453 e. The number of urea groups is 1. The molecule has 1 aromatic carbocycles. The second-order valence-corrected chi connectivity index (χ2v) is 7.82. The van der Waals surface area contributed by atoms with Crippen LogP contribution in [0.3, 0.4) is 0 Å². The smallest absolute Gasteiger partial charge is 0.410 e. The quantitative estimate of drug-likeness (QED) is 0.771. The van der Waals surface area contributed by atoms with E-state index in [2.05, 4.69) is 20.5 Å². The van der Waals surface area contributed by atoms with E-state index in [0.717, 1.165) is 5.69 Å². The van der Waals surface area contributed by atoms with Crippen LogP contribution in [0.5, 0.6) is 0 Å². The summed E-state index contributed by atoms with van der Waals surface area (Å²) in [5.41, 5.74) is 1.93. The highest BCUT2D eigenvalue weighted by atomic mass is 19.1. The van der Waals surface area contributed by atoms with Crippen LogP contribution in [-0.4, -0.2) is 59.2 Å². The Morgan fingerprint density at radius 2 is 1.87 bits per heavy atom. The Kier molecular flexibility index (Phi) is 7.06. The number of ether oxygens (including phenoxy) is 1. The molecule has 3 amide bonds. The van der Waals surface area contributed by atoms with E-state index < -0.39 is 11.8 Å². The minimum absolute atomic E-state index is 0.0607. The van der Waals surface area contributed by atoms with Gasteiger partial charge in [-0.3, -0.25) is 9.88 Å². The van der Waals surface area contributed by atoms with Gasteiger partial charge in [-0.2, -0.15) is 0 Å². The summed E-state index contributed by atoms with van der Waals surface area (Å²) in [5.74, 6) is -0.476. The number of carbonyl (C=O) groups excluding carboxylic acids is 2. The number of methoxy groups -OCH3 is 1. The van der Waals surface area contributed by atoms with E-state index in [0.29, 0.717) is 30.9 Å². The Labute approximate surface area is 181 Å². The molecule has 1 fully saturated rings. The zero-order chi connectivity index (χ0) is 22.5.